The van der Waals surface area contributed by atoms with Crippen LogP contribution in [0.3, 0.4) is 0 Å². The molecule has 0 aromatic carbocycles. The molecule has 3 nitrogen and oxygen atoms in total. The maximum Gasteiger partial charge on any atom is 0.330 e. The Kier molecular flexibility index (Phi) is 3.96. The zero-order valence-corrected chi connectivity index (χ0v) is 7.79. The number of hydrogen-bond donors (Lipinski definition) is 2. The van der Waals surface area contributed by atoms with Gasteiger partial charge < -0.3 is 10.2 Å². The van der Waals surface area contributed by atoms with Gasteiger partial charge in [0.05, 0.1) is 0 Å². The fourth-order valence-electron chi connectivity index (χ4n) is 0.581. The molecule has 0 radical (unpaired) electrons. The van der Waals surface area contributed by atoms with Crippen LogP contribution < -0.4 is 0 Å². The van der Waals surface area contributed by atoms with Crippen LogP contribution in [0.1, 0.15) is 27.2 Å². The lowest BCUT2D eigenvalue weighted by atomic mass is 9.90. The molecule has 3 heteroatoms. The van der Waals surface area contributed by atoms with Crippen molar-refractivity contribution in [1.82, 2.24) is 0 Å². The minimum absolute atomic E-state index is 0.0659. The second kappa shape index (κ2) is 4.26. The fraction of sp³-hybridized carbons (Fsp3) is 0.667. The van der Waals surface area contributed by atoms with Crippen molar-refractivity contribution in [3.63, 3.8) is 0 Å². The van der Waals surface area contributed by atoms with E-state index in [0.29, 0.717) is 12.0 Å². The number of rotatable bonds is 4. The number of allylic oxidation sites excluding steroid dienone is 1. The summed E-state index contributed by atoms with van der Waals surface area (Å²) in [5.74, 6) is -0.899. The molecule has 0 bridgehead atoms. The zero-order chi connectivity index (χ0) is 9.78. The predicted molar refractivity (Wildman–Crippen MR) is 46.9 cm³/mol. The van der Waals surface area contributed by atoms with Gasteiger partial charge in [0.1, 0.15) is 0 Å². The first-order valence-corrected chi connectivity index (χ1v) is 3.90. The lowest BCUT2D eigenvalue weighted by molar-refractivity contribution is -0.132. The van der Waals surface area contributed by atoms with Gasteiger partial charge in [-0.1, -0.05) is 19.9 Å². The molecule has 0 aliphatic rings. The van der Waals surface area contributed by atoms with Crippen molar-refractivity contribution >= 4 is 5.97 Å². The van der Waals surface area contributed by atoms with E-state index < -0.39 is 5.97 Å². The average Bonchev–Trinajstić information content (AvgIpc) is 2.00. The van der Waals surface area contributed by atoms with Gasteiger partial charge in [-0.2, -0.15) is 0 Å². The summed E-state index contributed by atoms with van der Waals surface area (Å²) in [5.41, 5.74) is 0.105. The number of hydrogen-bond acceptors (Lipinski definition) is 2. The Hall–Kier alpha value is -0.830. The van der Waals surface area contributed by atoms with E-state index in [1.54, 1.807) is 13.0 Å². The topological polar surface area (TPSA) is 57.5 Å². The highest BCUT2D eigenvalue weighted by Gasteiger charge is 2.14. The molecule has 0 aromatic heterocycles. The molecule has 12 heavy (non-hydrogen) atoms. The molecule has 0 rings (SSSR count). The monoisotopic (exact) mass is 172 g/mol. The standard InChI is InChI=1S/C9H16O3/c1-7(8(11)12)4-5-9(2,3)6-10/h4,10H,5-6H2,1-3H3,(H,11,12). The lowest BCUT2D eigenvalue weighted by Crippen LogP contribution is -2.15. The summed E-state index contributed by atoms with van der Waals surface area (Å²) in [5, 5.41) is 17.4. The van der Waals surface area contributed by atoms with E-state index in [2.05, 4.69) is 0 Å². The van der Waals surface area contributed by atoms with Crippen LogP contribution in [0.25, 0.3) is 0 Å². The van der Waals surface area contributed by atoms with Gasteiger partial charge in [0, 0.05) is 12.2 Å². The number of carboxylic acids is 1. The Morgan fingerprint density at radius 3 is 2.33 bits per heavy atom. The van der Waals surface area contributed by atoms with Gasteiger partial charge in [-0.05, 0) is 18.8 Å². The molecule has 0 aliphatic carbocycles. The first kappa shape index (κ1) is 11.2. The normalized spacial score (nSPS) is 13.2. The van der Waals surface area contributed by atoms with E-state index in [1.807, 2.05) is 13.8 Å². The predicted octanol–water partition coefficient (Wildman–Crippen LogP) is 1.43. The fourth-order valence-corrected chi connectivity index (χ4v) is 0.581. The summed E-state index contributed by atoms with van der Waals surface area (Å²) in [6.07, 6.45) is 2.22. The van der Waals surface area contributed by atoms with Crippen molar-refractivity contribution in [3.8, 4) is 0 Å². The molecule has 0 atom stereocenters. The van der Waals surface area contributed by atoms with Crippen LogP contribution >= 0.6 is 0 Å². The first-order chi connectivity index (χ1) is 5.39. The molecule has 0 fully saturated rings. The minimum atomic E-state index is -0.899. The summed E-state index contributed by atoms with van der Waals surface area (Å²) in [6, 6.07) is 0. The zero-order valence-electron chi connectivity index (χ0n) is 7.79. The lowest BCUT2D eigenvalue weighted by Gasteiger charge is -2.18. The van der Waals surface area contributed by atoms with E-state index >= 15 is 0 Å². The molecular weight excluding hydrogens is 156 g/mol. The van der Waals surface area contributed by atoms with Crippen molar-refractivity contribution in [2.75, 3.05) is 6.61 Å². The highest BCUT2D eigenvalue weighted by Crippen LogP contribution is 2.20. The van der Waals surface area contributed by atoms with Gasteiger partial charge in [0.15, 0.2) is 0 Å². The molecule has 0 aromatic rings. The summed E-state index contributed by atoms with van der Waals surface area (Å²) >= 11 is 0. The third-order valence-electron chi connectivity index (χ3n) is 1.73. The summed E-state index contributed by atoms with van der Waals surface area (Å²) in [4.78, 5) is 10.4. The van der Waals surface area contributed by atoms with E-state index in [-0.39, 0.29) is 12.0 Å². The van der Waals surface area contributed by atoms with Crippen LogP contribution in [0.15, 0.2) is 11.6 Å². The Morgan fingerprint density at radius 2 is 2.00 bits per heavy atom. The van der Waals surface area contributed by atoms with E-state index in [0.717, 1.165) is 0 Å². The van der Waals surface area contributed by atoms with Crippen LogP contribution in [0.5, 0.6) is 0 Å². The Labute approximate surface area is 72.7 Å². The van der Waals surface area contributed by atoms with Crippen molar-refractivity contribution in [3.05, 3.63) is 11.6 Å². The molecule has 0 heterocycles. The van der Waals surface area contributed by atoms with Crippen LogP contribution in [-0.2, 0) is 4.79 Å². The molecule has 2 N–H and O–H groups in total. The number of aliphatic carboxylic acids is 1. The molecule has 0 amide bonds. The Balaban J connectivity index is 4.13. The second-order valence-corrected chi connectivity index (χ2v) is 3.72. The van der Waals surface area contributed by atoms with Gasteiger partial charge in [-0.3, -0.25) is 0 Å². The van der Waals surface area contributed by atoms with Gasteiger partial charge in [0.2, 0.25) is 0 Å². The quantitative estimate of drug-likeness (QED) is 0.630. The molecule has 0 saturated carbocycles. The highest BCUT2D eigenvalue weighted by atomic mass is 16.4. The summed E-state index contributed by atoms with van der Waals surface area (Å²) < 4.78 is 0. The second-order valence-electron chi connectivity index (χ2n) is 3.72. The SMILES string of the molecule is CC(=CCC(C)(C)CO)C(=O)O. The van der Waals surface area contributed by atoms with Crippen molar-refractivity contribution in [1.29, 1.82) is 0 Å². The van der Waals surface area contributed by atoms with E-state index in [9.17, 15) is 4.79 Å². The van der Waals surface area contributed by atoms with Crippen LogP contribution in [0.2, 0.25) is 0 Å². The maximum absolute atomic E-state index is 10.4. The van der Waals surface area contributed by atoms with E-state index in [1.165, 1.54) is 0 Å². The highest BCUT2D eigenvalue weighted by molar-refractivity contribution is 5.85. The summed E-state index contributed by atoms with van der Waals surface area (Å²) in [6.45, 7) is 5.39. The molecule has 0 spiro atoms. The molecule has 0 aliphatic heterocycles. The van der Waals surface area contributed by atoms with Gasteiger partial charge >= 0.3 is 5.97 Å². The third kappa shape index (κ3) is 4.13. The molecule has 70 valence electrons. The smallest absolute Gasteiger partial charge is 0.330 e. The average molecular weight is 172 g/mol. The molecule has 0 saturated heterocycles. The van der Waals surface area contributed by atoms with Gasteiger partial charge in [0.25, 0.3) is 0 Å². The van der Waals surface area contributed by atoms with Crippen molar-refractivity contribution < 1.29 is 15.0 Å². The Morgan fingerprint density at radius 1 is 1.50 bits per heavy atom. The first-order valence-electron chi connectivity index (χ1n) is 3.90. The summed E-state index contributed by atoms with van der Waals surface area (Å²) in [7, 11) is 0. The Bertz CT molecular complexity index is 192. The largest absolute Gasteiger partial charge is 0.478 e. The van der Waals surface area contributed by atoms with E-state index in [4.69, 9.17) is 10.2 Å². The number of aliphatic hydroxyl groups is 1. The third-order valence-corrected chi connectivity index (χ3v) is 1.73. The van der Waals surface area contributed by atoms with Crippen LogP contribution in [0.4, 0.5) is 0 Å². The van der Waals surface area contributed by atoms with Crippen molar-refractivity contribution in [2.45, 2.75) is 27.2 Å². The number of carbonyl (C=O) groups is 1. The maximum atomic E-state index is 10.4. The molecular formula is C9H16O3. The number of carboxylic acid groups (broad SMARTS) is 1. The van der Waals surface area contributed by atoms with Gasteiger partial charge in [-0.25, -0.2) is 4.79 Å². The minimum Gasteiger partial charge on any atom is -0.478 e. The van der Waals surface area contributed by atoms with Gasteiger partial charge in [-0.15, -0.1) is 0 Å². The molecule has 0 unspecified atom stereocenters. The van der Waals surface area contributed by atoms with Crippen LogP contribution in [0, 0.1) is 5.41 Å². The van der Waals surface area contributed by atoms with Crippen LogP contribution in [-0.4, -0.2) is 22.8 Å². The van der Waals surface area contributed by atoms with Crippen molar-refractivity contribution in [2.24, 2.45) is 5.41 Å². The number of aliphatic hydroxyl groups excluding tert-OH is 1.